The molecule has 2 amide bonds. The van der Waals surface area contributed by atoms with Gasteiger partial charge in [-0.25, -0.2) is 4.98 Å². The second kappa shape index (κ2) is 7.29. The number of rotatable bonds is 3. The van der Waals surface area contributed by atoms with E-state index in [2.05, 4.69) is 10.3 Å². The molecule has 2 aromatic rings. The van der Waals surface area contributed by atoms with E-state index in [1.165, 1.54) is 0 Å². The van der Waals surface area contributed by atoms with Gasteiger partial charge < -0.3 is 19.5 Å². The van der Waals surface area contributed by atoms with Crippen LogP contribution in [0, 0.1) is 0 Å². The van der Waals surface area contributed by atoms with Crippen molar-refractivity contribution in [2.75, 3.05) is 31.6 Å². The molecule has 4 rings (SSSR count). The highest BCUT2D eigenvalue weighted by Crippen LogP contribution is 2.23. The molecule has 7 nitrogen and oxygen atoms in total. The normalized spacial score (nSPS) is 16.8. The first-order valence-corrected chi connectivity index (χ1v) is 9.07. The van der Waals surface area contributed by atoms with Crippen LogP contribution >= 0.6 is 0 Å². The molecule has 1 aromatic carbocycles. The van der Waals surface area contributed by atoms with E-state index in [0.717, 1.165) is 37.2 Å². The van der Waals surface area contributed by atoms with E-state index in [1.54, 1.807) is 4.90 Å². The van der Waals surface area contributed by atoms with Gasteiger partial charge in [0.1, 0.15) is 0 Å². The standard InChI is InChI=1S/C19H22N4O3/c24-18(20-14-6-2-1-3-7-14)16-15-8-4-5-9-23(15)17(21-16)19(25)22-10-12-26-13-11-22/h1-3,6-7H,4-5,8-13H2,(H,20,24). The number of ether oxygens (including phenoxy) is 1. The van der Waals surface area contributed by atoms with Crippen LogP contribution in [0.25, 0.3) is 0 Å². The van der Waals surface area contributed by atoms with E-state index in [9.17, 15) is 9.59 Å². The maximum absolute atomic E-state index is 12.9. The molecule has 1 fully saturated rings. The molecule has 0 radical (unpaired) electrons. The molecule has 2 aliphatic heterocycles. The minimum Gasteiger partial charge on any atom is -0.378 e. The van der Waals surface area contributed by atoms with Crippen LogP contribution in [0.4, 0.5) is 5.69 Å². The van der Waals surface area contributed by atoms with Crippen molar-refractivity contribution in [2.24, 2.45) is 0 Å². The molecule has 7 heteroatoms. The summed E-state index contributed by atoms with van der Waals surface area (Å²) in [6.07, 6.45) is 2.76. The fourth-order valence-corrected chi connectivity index (χ4v) is 3.51. The van der Waals surface area contributed by atoms with Crippen LogP contribution in [0.1, 0.15) is 39.6 Å². The minimum absolute atomic E-state index is 0.116. The lowest BCUT2D eigenvalue weighted by Gasteiger charge is -2.27. The Balaban J connectivity index is 1.64. The number of hydrogen-bond donors (Lipinski definition) is 1. The zero-order valence-electron chi connectivity index (χ0n) is 14.6. The number of fused-ring (bicyclic) bond motifs is 1. The Hall–Kier alpha value is -2.67. The number of para-hydroxylation sites is 1. The van der Waals surface area contributed by atoms with Crippen molar-refractivity contribution in [3.63, 3.8) is 0 Å². The average molecular weight is 354 g/mol. The molecule has 2 aliphatic rings. The van der Waals surface area contributed by atoms with Crippen LogP contribution in [0.2, 0.25) is 0 Å². The third-order valence-corrected chi connectivity index (χ3v) is 4.85. The van der Waals surface area contributed by atoms with Crippen molar-refractivity contribution in [3.8, 4) is 0 Å². The van der Waals surface area contributed by atoms with Crippen LogP contribution in [-0.4, -0.2) is 52.6 Å². The Morgan fingerprint density at radius 3 is 2.58 bits per heavy atom. The van der Waals surface area contributed by atoms with Gasteiger partial charge in [0.25, 0.3) is 11.8 Å². The zero-order valence-corrected chi connectivity index (χ0v) is 14.6. The average Bonchev–Trinajstić information content (AvgIpc) is 3.09. The van der Waals surface area contributed by atoms with Crippen molar-refractivity contribution in [1.29, 1.82) is 0 Å². The molecule has 1 saturated heterocycles. The number of amides is 2. The third kappa shape index (κ3) is 3.22. The molecule has 3 heterocycles. The summed E-state index contributed by atoms with van der Waals surface area (Å²) in [6.45, 7) is 2.94. The first-order chi connectivity index (χ1) is 12.7. The van der Waals surface area contributed by atoms with Crippen LogP contribution in [-0.2, 0) is 17.7 Å². The second-order valence-electron chi connectivity index (χ2n) is 6.56. The van der Waals surface area contributed by atoms with Crippen LogP contribution in [0.3, 0.4) is 0 Å². The molecule has 1 aromatic heterocycles. The Kier molecular flexibility index (Phi) is 4.71. The number of carbonyl (C=O) groups is 2. The maximum Gasteiger partial charge on any atom is 0.290 e. The van der Waals surface area contributed by atoms with Gasteiger partial charge in [0.2, 0.25) is 0 Å². The lowest BCUT2D eigenvalue weighted by molar-refractivity contribution is 0.0291. The maximum atomic E-state index is 12.9. The van der Waals surface area contributed by atoms with Crippen molar-refractivity contribution in [3.05, 3.63) is 47.5 Å². The van der Waals surface area contributed by atoms with Crippen molar-refractivity contribution >= 4 is 17.5 Å². The van der Waals surface area contributed by atoms with E-state index < -0.39 is 0 Å². The van der Waals surface area contributed by atoms with E-state index in [1.807, 2.05) is 34.9 Å². The number of nitrogens with one attached hydrogen (secondary N) is 1. The van der Waals surface area contributed by atoms with Gasteiger partial charge in [-0.05, 0) is 31.4 Å². The van der Waals surface area contributed by atoms with Crippen molar-refractivity contribution in [1.82, 2.24) is 14.5 Å². The van der Waals surface area contributed by atoms with Gasteiger partial charge in [-0.1, -0.05) is 18.2 Å². The minimum atomic E-state index is -0.261. The van der Waals surface area contributed by atoms with E-state index in [0.29, 0.717) is 37.8 Å². The molecule has 0 spiro atoms. The quantitative estimate of drug-likeness (QED) is 0.914. The molecule has 0 saturated carbocycles. The summed E-state index contributed by atoms with van der Waals surface area (Å²) in [6, 6.07) is 9.30. The Bertz CT molecular complexity index is 810. The lowest BCUT2D eigenvalue weighted by Crippen LogP contribution is -2.42. The van der Waals surface area contributed by atoms with Gasteiger partial charge in [-0.15, -0.1) is 0 Å². The highest BCUT2D eigenvalue weighted by molar-refractivity contribution is 6.05. The summed E-state index contributed by atoms with van der Waals surface area (Å²) >= 11 is 0. The lowest BCUT2D eigenvalue weighted by atomic mass is 10.1. The van der Waals surface area contributed by atoms with E-state index >= 15 is 0 Å². The highest BCUT2D eigenvalue weighted by atomic mass is 16.5. The van der Waals surface area contributed by atoms with Crippen molar-refractivity contribution < 1.29 is 14.3 Å². The van der Waals surface area contributed by atoms with Crippen molar-refractivity contribution in [2.45, 2.75) is 25.8 Å². The Labute approximate surface area is 152 Å². The Morgan fingerprint density at radius 2 is 1.81 bits per heavy atom. The predicted molar refractivity (Wildman–Crippen MR) is 96.3 cm³/mol. The van der Waals surface area contributed by atoms with E-state index in [-0.39, 0.29) is 11.8 Å². The summed E-state index contributed by atoms with van der Waals surface area (Å²) in [7, 11) is 0. The summed E-state index contributed by atoms with van der Waals surface area (Å²) in [5.74, 6) is -0.00194. The number of carbonyl (C=O) groups excluding carboxylic acids is 2. The number of morpholine rings is 1. The molecule has 0 unspecified atom stereocenters. The van der Waals surface area contributed by atoms with Gasteiger partial charge in [0.05, 0.1) is 18.9 Å². The van der Waals surface area contributed by atoms with Crippen LogP contribution in [0.5, 0.6) is 0 Å². The summed E-state index contributed by atoms with van der Waals surface area (Å²) in [5.41, 5.74) is 1.95. The summed E-state index contributed by atoms with van der Waals surface area (Å²) < 4.78 is 7.25. The number of aromatic nitrogens is 2. The van der Waals surface area contributed by atoms with Gasteiger partial charge >= 0.3 is 0 Å². The largest absolute Gasteiger partial charge is 0.378 e. The fourth-order valence-electron chi connectivity index (χ4n) is 3.51. The topological polar surface area (TPSA) is 76.5 Å². The van der Waals surface area contributed by atoms with Crippen LogP contribution in [0.15, 0.2) is 30.3 Å². The first-order valence-electron chi connectivity index (χ1n) is 9.07. The zero-order chi connectivity index (χ0) is 17.9. The fraction of sp³-hybridized carbons (Fsp3) is 0.421. The number of nitrogens with zero attached hydrogens (tertiary/aromatic N) is 3. The summed E-state index contributed by atoms with van der Waals surface area (Å²) in [5, 5.41) is 2.88. The van der Waals surface area contributed by atoms with Gasteiger partial charge in [0, 0.05) is 25.3 Å². The number of hydrogen-bond acceptors (Lipinski definition) is 4. The van der Waals surface area contributed by atoms with Gasteiger partial charge in [-0.3, -0.25) is 9.59 Å². The molecule has 0 aliphatic carbocycles. The molecule has 1 N–H and O–H groups in total. The number of anilines is 1. The number of imidazole rings is 1. The SMILES string of the molecule is O=C(Nc1ccccc1)c1nc(C(=O)N2CCOCC2)n2c1CCCC2. The highest BCUT2D eigenvalue weighted by Gasteiger charge is 2.30. The molecule has 136 valence electrons. The molecular weight excluding hydrogens is 332 g/mol. The van der Waals surface area contributed by atoms with E-state index in [4.69, 9.17) is 4.74 Å². The second-order valence-corrected chi connectivity index (χ2v) is 6.56. The predicted octanol–water partition coefficient (Wildman–Crippen LogP) is 1.94. The van der Waals surface area contributed by atoms with Gasteiger partial charge in [0.15, 0.2) is 11.5 Å². The third-order valence-electron chi connectivity index (χ3n) is 4.85. The first kappa shape index (κ1) is 16.8. The smallest absolute Gasteiger partial charge is 0.290 e. The molecular formula is C19H22N4O3. The monoisotopic (exact) mass is 354 g/mol. The Morgan fingerprint density at radius 1 is 1.04 bits per heavy atom. The van der Waals surface area contributed by atoms with Crippen LogP contribution < -0.4 is 5.32 Å². The molecule has 0 bridgehead atoms. The molecule has 0 atom stereocenters. The molecule has 26 heavy (non-hydrogen) atoms. The van der Waals surface area contributed by atoms with Gasteiger partial charge in [-0.2, -0.15) is 0 Å². The number of benzene rings is 1. The summed E-state index contributed by atoms with van der Waals surface area (Å²) in [4.78, 5) is 31.9.